The Morgan fingerprint density at radius 1 is 1.25 bits per heavy atom. The van der Waals surface area contributed by atoms with E-state index in [1.165, 1.54) is 0 Å². The van der Waals surface area contributed by atoms with Gasteiger partial charge in [-0.2, -0.15) is 5.10 Å². The van der Waals surface area contributed by atoms with E-state index in [4.69, 9.17) is 4.74 Å². The summed E-state index contributed by atoms with van der Waals surface area (Å²) in [6.07, 6.45) is 1.71. The number of fused-ring (bicyclic) bond motifs is 1. The van der Waals surface area contributed by atoms with Gasteiger partial charge in [-0.3, -0.25) is 9.59 Å². The molecule has 2 heterocycles. The maximum absolute atomic E-state index is 12.5. The molecule has 0 saturated carbocycles. The normalized spacial score (nSPS) is 15.1. The maximum Gasteiger partial charge on any atom is 0.251 e. The van der Waals surface area contributed by atoms with Gasteiger partial charge in [0.25, 0.3) is 5.91 Å². The average molecular weight is 376 g/mol. The van der Waals surface area contributed by atoms with Crippen LogP contribution in [0.3, 0.4) is 0 Å². The number of nitrogens with zero attached hydrogens (tertiary/aromatic N) is 2. The van der Waals surface area contributed by atoms with Crippen LogP contribution >= 0.6 is 0 Å². The summed E-state index contributed by atoms with van der Waals surface area (Å²) in [4.78, 5) is 24.9. The summed E-state index contributed by atoms with van der Waals surface area (Å²) in [6, 6.07) is 14.4. The summed E-state index contributed by atoms with van der Waals surface area (Å²) in [5.74, 6) is 0.757. The zero-order valence-corrected chi connectivity index (χ0v) is 15.6. The van der Waals surface area contributed by atoms with Crippen LogP contribution in [0.4, 0.5) is 11.5 Å². The summed E-state index contributed by atoms with van der Waals surface area (Å²) < 4.78 is 6.74. The monoisotopic (exact) mass is 376 g/mol. The molecule has 1 atom stereocenters. The van der Waals surface area contributed by atoms with Crippen molar-refractivity contribution in [2.24, 2.45) is 0 Å². The van der Waals surface area contributed by atoms with E-state index in [0.717, 1.165) is 16.7 Å². The van der Waals surface area contributed by atoms with Crippen LogP contribution in [0.5, 0.6) is 5.75 Å². The molecule has 1 aliphatic rings. The van der Waals surface area contributed by atoms with Gasteiger partial charge < -0.3 is 15.4 Å². The minimum Gasteiger partial charge on any atom is -0.497 e. The molecular formula is C21H20N4O3. The largest absolute Gasteiger partial charge is 0.497 e. The maximum atomic E-state index is 12.5. The number of carbonyl (C=O) groups excluding carboxylic acids is 2. The van der Waals surface area contributed by atoms with Crippen LogP contribution in [0.25, 0.3) is 11.1 Å². The Kier molecular flexibility index (Phi) is 4.57. The van der Waals surface area contributed by atoms with Crippen LogP contribution in [0.15, 0.2) is 54.7 Å². The van der Waals surface area contributed by atoms with Gasteiger partial charge in [0.2, 0.25) is 5.91 Å². The van der Waals surface area contributed by atoms with E-state index in [1.807, 2.05) is 31.2 Å². The lowest BCUT2D eigenvalue weighted by atomic mass is 10.1. The Hall–Kier alpha value is -3.61. The van der Waals surface area contributed by atoms with E-state index in [0.29, 0.717) is 17.3 Å². The molecular weight excluding hydrogens is 356 g/mol. The number of aryl methyl sites for hydroxylation is 1. The molecule has 2 N–H and O–H groups in total. The number of carbonyl (C=O) groups is 2. The summed E-state index contributed by atoms with van der Waals surface area (Å²) >= 11 is 0. The SMILES string of the molecule is COc1cccc(NC(=O)CC2C(=O)Nc3c(-c4ccc(C)cc4)cnn32)c1. The first kappa shape index (κ1) is 17.8. The van der Waals surface area contributed by atoms with Crippen LogP contribution < -0.4 is 15.4 Å². The van der Waals surface area contributed by atoms with Crippen molar-refractivity contribution in [3.8, 4) is 16.9 Å². The topological polar surface area (TPSA) is 85.2 Å². The van der Waals surface area contributed by atoms with Crippen LogP contribution in [0.2, 0.25) is 0 Å². The number of rotatable bonds is 5. The van der Waals surface area contributed by atoms with Gasteiger partial charge >= 0.3 is 0 Å². The van der Waals surface area contributed by atoms with Crippen molar-refractivity contribution in [2.75, 3.05) is 17.7 Å². The molecule has 2 aromatic carbocycles. The number of amides is 2. The fraction of sp³-hybridized carbons (Fsp3) is 0.190. The molecule has 0 saturated heterocycles. The number of methoxy groups -OCH3 is 1. The Morgan fingerprint density at radius 2 is 2.04 bits per heavy atom. The fourth-order valence-corrected chi connectivity index (χ4v) is 3.25. The highest BCUT2D eigenvalue weighted by Gasteiger charge is 2.35. The first-order chi connectivity index (χ1) is 13.5. The van der Waals surface area contributed by atoms with E-state index >= 15 is 0 Å². The number of aromatic nitrogens is 2. The molecule has 3 aromatic rings. The molecule has 0 aliphatic carbocycles. The average Bonchev–Trinajstić information content (AvgIpc) is 3.22. The zero-order chi connectivity index (χ0) is 19.7. The minimum absolute atomic E-state index is 0.00887. The van der Waals surface area contributed by atoms with Gasteiger partial charge in [-0.1, -0.05) is 35.9 Å². The van der Waals surface area contributed by atoms with Crippen molar-refractivity contribution in [1.29, 1.82) is 0 Å². The Balaban J connectivity index is 1.52. The predicted octanol–water partition coefficient (Wildman–Crippen LogP) is 3.39. The fourth-order valence-electron chi connectivity index (χ4n) is 3.25. The van der Waals surface area contributed by atoms with E-state index < -0.39 is 6.04 Å². The number of hydrogen-bond donors (Lipinski definition) is 2. The Morgan fingerprint density at radius 3 is 2.79 bits per heavy atom. The molecule has 0 bridgehead atoms. The van der Waals surface area contributed by atoms with Crippen molar-refractivity contribution in [3.63, 3.8) is 0 Å². The number of anilines is 2. The van der Waals surface area contributed by atoms with E-state index in [2.05, 4.69) is 15.7 Å². The first-order valence-corrected chi connectivity index (χ1v) is 8.94. The summed E-state index contributed by atoms with van der Waals surface area (Å²) in [5.41, 5.74) is 3.57. The highest BCUT2D eigenvalue weighted by molar-refractivity contribution is 6.04. The predicted molar refractivity (Wildman–Crippen MR) is 106 cm³/mol. The van der Waals surface area contributed by atoms with Gasteiger partial charge in [0, 0.05) is 17.3 Å². The molecule has 1 unspecified atom stereocenters. The molecule has 2 amide bonds. The highest BCUT2D eigenvalue weighted by Crippen LogP contribution is 2.35. The summed E-state index contributed by atoms with van der Waals surface area (Å²) in [7, 11) is 1.56. The van der Waals surface area contributed by atoms with Crippen LogP contribution in [0, 0.1) is 6.92 Å². The molecule has 0 spiro atoms. The lowest BCUT2D eigenvalue weighted by molar-refractivity contribution is -0.123. The first-order valence-electron chi connectivity index (χ1n) is 8.94. The second-order valence-corrected chi connectivity index (χ2v) is 6.71. The molecule has 0 radical (unpaired) electrons. The molecule has 142 valence electrons. The lowest BCUT2D eigenvalue weighted by Crippen LogP contribution is -2.23. The van der Waals surface area contributed by atoms with Crippen molar-refractivity contribution in [2.45, 2.75) is 19.4 Å². The molecule has 7 heteroatoms. The van der Waals surface area contributed by atoms with E-state index in [9.17, 15) is 9.59 Å². The third-order valence-electron chi connectivity index (χ3n) is 4.73. The van der Waals surface area contributed by atoms with Gasteiger partial charge in [-0.15, -0.1) is 0 Å². The van der Waals surface area contributed by atoms with Crippen molar-refractivity contribution in [1.82, 2.24) is 9.78 Å². The van der Waals surface area contributed by atoms with Crippen molar-refractivity contribution in [3.05, 3.63) is 60.3 Å². The van der Waals surface area contributed by atoms with Gasteiger partial charge in [0.15, 0.2) is 0 Å². The molecule has 4 rings (SSSR count). The number of hydrogen-bond acceptors (Lipinski definition) is 4. The molecule has 1 aromatic heterocycles. The second kappa shape index (κ2) is 7.19. The highest BCUT2D eigenvalue weighted by atomic mass is 16.5. The Labute approximate surface area is 162 Å². The van der Waals surface area contributed by atoms with Crippen LogP contribution in [-0.4, -0.2) is 28.7 Å². The van der Waals surface area contributed by atoms with Gasteiger partial charge in [-0.05, 0) is 24.6 Å². The standard InChI is InChI=1S/C21H20N4O3/c1-13-6-8-14(9-7-13)17-12-22-25-18(21(27)24-20(17)25)11-19(26)23-15-4-3-5-16(10-15)28-2/h3-10,12,18H,11H2,1-2H3,(H,23,26)(H,24,27). The number of benzene rings is 2. The van der Waals surface area contributed by atoms with Gasteiger partial charge in [0.1, 0.15) is 17.6 Å². The summed E-state index contributed by atoms with van der Waals surface area (Å²) in [5, 5.41) is 10.0. The zero-order valence-electron chi connectivity index (χ0n) is 15.6. The Bertz CT molecular complexity index is 1040. The number of nitrogens with one attached hydrogen (secondary N) is 2. The molecule has 1 aliphatic heterocycles. The third-order valence-corrected chi connectivity index (χ3v) is 4.73. The number of ether oxygens (including phenoxy) is 1. The third kappa shape index (κ3) is 3.34. The van der Waals surface area contributed by atoms with E-state index in [-0.39, 0.29) is 18.2 Å². The smallest absolute Gasteiger partial charge is 0.251 e. The minimum atomic E-state index is -0.681. The lowest BCUT2D eigenvalue weighted by Gasteiger charge is -2.10. The second-order valence-electron chi connectivity index (χ2n) is 6.71. The van der Waals surface area contributed by atoms with Gasteiger partial charge in [0.05, 0.1) is 19.7 Å². The van der Waals surface area contributed by atoms with Gasteiger partial charge in [-0.25, -0.2) is 4.68 Å². The van der Waals surface area contributed by atoms with Crippen LogP contribution in [-0.2, 0) is 9.59 Å². The molecule has 28 heavy (non-hydrogen) atoms. The molecule has 7 nitrogen and oxygen atoms in total. The molecule has 0 fully saturated rings. The van der Waals surface area contributed by atoms with Crippen molar-refractivity contribution < 1.29 is 14.3 Å². The summed E-state index contributed by atoms with van der Waals surface area (Å²) in [6.45, 7) is 2.02. The van der Waals surface area contributed by atoms with E-state index in [1.54, 1.807) is 42.3 Å². The quantitative estimate of drug-likeness (QED) is 0.715. The van der Waals surface area contributed by atoms with Crippen molar-refractivity contribution >= 4 is 23.3 Å². The van der Waals surface area contributed by atoms with Crippen LogP contribution in [0.1, 0.15) is 18.0 Å².